The molecule has 1 heterocycles. The molecule has 0 amide bonds. The van der Waals surface area contributed by atoms with Crippen LogP contribution >= 0.6 is 12.2 Å². The second-order valence-corrected chi connectivity index (χ2v) is 4.27. The van der Waals surface area contributed by atoms with E-state index in [4.69, 9.17) is 21.7 Å². The standard InChI is InChI=1S/C12H15N3O2S/c1-8(11-13-14-12(18)15(11)2)17-10-6-4-5-9(7-10)16-3/h4-8H,1-3H3,(H,14,18). The summed E-state index contributed by atoms with van der Waals surface area (Å²) in [5.74, 6) is 2.24. The van der Waals surface area contributed by atoms with Crippen LogP contribution < -0.4 is 9.47 Å². The molecule has 0 radical (unpaired) electrons. The van der Waals surface area contributed by atoms with Gasteiger partial charge in [0.05, 0.1) is 7.11 Å². The molecule has 0 aliphatic rings. The van der Waals surface area contributed by atoms with E-state index in [-0.39, 0.29) is 6.10 Å². The van der Waals surface area contributed by atoms with Gasteiger partial charge in [0.25, 0.3) is 0 Å². The number of hydrogen-bond donors (Lipinski definition) is 1. The Kier molecular flexibility index (Phi) is 3.66. The van der Waals surface area contributed by atoms with Gasteiger partial charge in [-0.05, 0) is 31.3 Å². The number of nitrogens with one attached hydrogen (secondary N) is 1. The van der Waals surface area contributed by atoms with Crippen LogP contribution in [0.4, 0.5) is 0 Å². The zero-order chi connectivity index (χ0) is 13.1. The van der Waals surface area contributed by atoms with Crippen molar-refractivity contribution in [3.05, 3.63) is 34.9 Å². The number of ether oxygens (including phenoxy) is 2. The Hall–Kier alpha value is -1.82. The first-order chi connectivity index (χ1) is 8.61. The SMILES string of the molecule is COc1cccc(OC(C)c2n[nH]c(=S)n2C)c1. The van der Waals surface area contributed by atoms with Gasteiger partial charge in [0.2, 0.25) is 0 Å². The molecule has 5 nitrogen and oxygen atoms in total. The molecular formula is C12H15N3O2S. The second-order valence-electron chi connectivity index (χ2n) is 3.89. The number of aromatic amines is 1. The summed E-state index contributed by atoms with van der Waals surface area (Å²) in [7, 11) is 3.48. The fraction of sp³-hybridized carbons (Fsp3) is 0.333. The van der Waals surface area contributed by atoms with Crippen LogP contribution in [-0.2, 0) is 7.05 Å². The van der Waals surface area contributed by atoms with E-state index in [2.05, 4.69) is 10.2 Å². The molecule has 2 aromatic rings. The number of aromatic nitrogens is 3. The topological polar surface area (TPSA) is 52.1 Å². The van der Waals surface area contributed by atoms with Crippen molar-refractivity contribution in [1.82, 2.24) is 14.8 Å². The van der Waals surface area contributed by atoms with Crippen molar-refractivity contribution in [2.24, 2.45) is 7.05 Å². The van der Waals surface area contributed by atoms with Crippen LogP contribution in [0.3, 0.4) is 0 Å². The van der Waals surface area contributed by atoms with Crippen LogP contribution in [0.5, 0.6) is 11.5 Å². The predicted octanol–water partition coefficient (Wildman–Crippen LogP) is 2.63. The molecule has 0 aliphatic carbocycles. The zero-order valence-corrected chi connectivity index (χ0v) is 11.3. The van der Waals surface area contributed by atoms with Gasteiger partial charge in [0.1, 0.15) is 11.5 Å². The molecule has 0 spiro atoms. The first-order valence-corrected chi connectivity index (χ1v) is 5.94. The molecule has 2 rings (SSSR count). The zero-order valence-electron chi connectivity index (χ0n) is 10.5. The van der Waals surface area contributed by atoms with Crippen molar-refractivity contribution >= 4 is 12.2 Å². The van der Waals surface area contributed by atoms with Crippen LogP contribution in [0.2, 0.25) is 0 Å². The van der Waals surface area contributed by atoms with E-state index in [0.717, 1.165) is 17.3 Å². The second kappa shape index (κ2) is 5.22. The third kappa shape index (κ3) is 2.53. The van der Waals surface area contributed by atoms with E-state index in [1.54, 1.807) is 11.7 Å². The van der Waals surface area contributed by atoms with Gasteiger partial charge in [-0.3, -0.25) is 5.10 Å². The Morgan fingerprint density at radius 1 is 1.39 bits per heavy atom. The molecule has 1 unspecified atom stereocenters. The van der Waals surface area contributed by atoms with Crippen molar-refractivity contribution < 1.29 is 9.47 Å². The van der Waals surface area contributed by atoms with Gasteiger partial charge in [0, 0.05) is 13.1 Å². The van der Waals surface area contributed by atoms with Crippen molar-refractivity contribution in [2.45, 2.75) is 13.0 Å². The van der Waals surface area contributed by atoms with Crippen molar-refractivity contribution in [1.29, 1.82) is 0 Å². The average Bonchev–Trinajstić information content (AvgIpc) is 2.70. The van der Waals surface area contributed by atoms with E-state index < -0.39 is 0 Å². The van der Waals surface area contributed by atoms with Crippen molar-refractivity contribution in [3.8, 4) is 11.5 Å². The van der Waals surface area contributed by atoms with Crippen LogP contribution in [0.25, 0.3) is 0 Å². The van der Waals surface area contributed by atoms with Gasteiger partial charge in [0.15, 0.2) is 16.7 Å². The van der Waals surface area contributed by atoms with Gasteiger partial charge >= 0.3 is 0 Å². The molecule has 1 atom stereocenters. The first-order valence-electron chi connectivity index (χ1n) is 5.54. The minimum Gasteiger partial charge on any atom is -0.497 e. The highest BCUT2D eigenvalue weighted by atomic mass is 32.1. The van der Waals surface area contributed by atoms with E-state index in [9.17, 15) is 0 Å². The average molecular weight is 265 g/mol. The number of methoxy groups -OCH3 is 1. The number of benzene rings is 1. The summed E-state index contributed by atoms with van der Waals surface area (Å²) < 4.78 is 13.3. The first kappa shape index (κ1) is 12.6. The largest absolute Gasteiger partial charge is 0.497 e. The van der Waals surface area contributed by atoms with E-state index >= 15 is 0 Å². The Morgan fingerprint density at radius 3 is 2.72 bits per heavy atom. The highest BCUT2D eigenvalue weighted by molar-refractivity contribution is 7.71. The van der Waals surface area contributed by atoms with Crippen molar-refractivity contribution in [3.63, 3.8) is 0 Å². The molecule has 1 aromatic carbocycles. The van der Waals surface area contributed by atoms with Gasteiger partial charge in [-0.1, -0.05) is 6.07 Å². The van der Waals surface area contributed by atoms with Gasteiger partial charge < -0.3 is 14.0 Å². The number of rotatable bonds is 4. The Balaban J connectivity index is 2.18. The monoisotopic (exact) mass is 265 g/mol. The molecule has 0 fully saturated rings. The molecule has 18 heavy (non-hydrogen) atoms. The lowest BCUT2D eigenvalue weighted by Crippen LogP contribution is -2.09. The number of nitrogens with zero attached hydrogens (tertiary/aromatic N) is 2. The molecule has 96 valence electrons. The van der Waals surface area contributed by atoms with Crippen LogP contribution in [-0.4, -0.2) is 21.9 Å². The third-order valence-corrected chi connectivity index (χ3v) is 3.00. The summed E-state index contributed by atoms with van der Waals surface area (Å²) in [6.07, 6.45) is -0.199. The minimum absolute atomic E-state index is 0.199. The molecular weight excluding hydrogens is 250 g/mol. The molecule has 0 saturated heterocycles. The summed E-state index contributed by atoms with van der Waals surface area (Å²) >= 11 is 5.07. The highest BCUT2D eigenvalue weighted by Gasteiger charge is 2.13. The summed E-state index contributed by atoms with van der Waals surface area (Å²) in [6.45, 7) is 1.92. The lowest BCUT2D eigenvalue weighted by molar-refractivity contribution is 0.211. The van der Waals surface area contributed by atoms with Gasteiger partial charge in [-0.2, -0.15) is 5.10 Å². The quantitative estimate of drug-likeness (QED) is 0.863. The summed E-state index contributed by atoms with van der Waals surface area (Å²) in [5, 5.41) is 6.88. The smallest absolute Gasteiger partial charge is 0.195 e. The molecule has 0 aliphatic heterocycles. The third-order valence-electron chi connectivity index (χ3n) is 2.63. The van der Waals surface area contributed by atoms with E-state index in [1.165, 1.54) is 0 Å². The van der Waals surface area contributed by atoms with E-state index in [0.29, 0.717) is 4.77 Å². The fourth-order valence-corrected chi connectivity index (χ4v) is 1.79. The van der Waals surface area contributed by atoms with Gasteiger partial charge in [-0.15, -0.1) is 0 Å². The highest BCUT2D eigenvalue weighted by Crippen LogP contribution is 2.24. The molecule has 1 N–H and O–H groups in total. The summed E-state index contributed by atoms with van der Waals surface area (Å²) in [6, 6.07) is 7.45. The predicted molar refractivity (Wildman–Crippen MR) is 70.4 cm³/mol. The van der Waals surface area contributed by atoms with Crippen molar-refractivity contribution in [2.75, 3.05) is 7.11 Å². The minimum atomic E-state index is -0.199. The fourth-order valence-electron chi connectivity index (χ4n) is 1.65. The maximum Gasteiger partial charge on any atom is 0.195 e. The number of H-pyrrole nitrogens is 1. The molecule has 0 bridgehead atoms. The molecule has 0 saturated carbocycles. The Bertz CT molecular complexity index is 591. The molecule has 1 aromatic heterocycles. The lowest BCUT2D eigenvalue weighted by atomic mass is 10.3. The van der Waals surface area contributed by atoms with Crippen LogP contribution in [0.15, 0.2) is 24.3 Å². The molecule has 6 heteroatoms. The van der Waals surface area contributed by atoms with Crippen LogP contribution in [0, 0.1) is 4.77 Å². The summed E-state index contributed by atoms with van der Waals surface area (Å²) in [4.78, 5) is 0. The van der Waals surface area contributed by atoms with Gasteiger partial charge in [-0.25, -0.2) is 0 Å². The maximum atomic E-state index is 5.81. The summed E-state index contributed by atoms with van der Waals surface area (Å²) in [5.41, 5.74) is 0. The number of hydrogen-bond acceptors (Lipinski definition) is 4. The van der Waals surface area contributed by atoms with E-state index in [1.807, 2.05) is 38.2 Å². The maximum absolute atomic E-state index is 5.81. The lowest BCUT2D eigenvalue weighted by Gasteiger charge is -2.14. The Labute approximate surface area is 110 Å². The van der Waals surface area contributed by atoms with Crippen LogP contribution in [0.1, 0.15) is 18.9 Å². The normalized spacial score (nSPS) is 12.2. The Morgan fingerprint density at radius 2 is 2.11 bits per heavy atom.